The fourth-order valence-electron chi connectivity index (χ4n) is 3.86. The van der Waals surface area contributed by atoms with Crippen LogP contribution in [0.1, 0.15) is 56.3 Å². The Bertz CT molecular complexity index is 778. The highest BCUT2D eigenvalue weighted by Gasteiger charge is 2.28. The van der Waals surface area contributed by atoms with Crippen molar-refractivity contribution in [2.45, 2.75) is 52.1 Å². The number of Topliss-reactive ketones (excluding diaryl/α,β-unsaturated/α-hetero) is 1. The second kappa shape index (κ2) is 9.81. The molecule has 5 nitrogen and oxygen atoms in total. The molecule has 2 aliphatic rings. The third-order valence-corrected chi connectivity index (χ3v) is 5.69. The first-order valence-corrected chi connectivity index (χ1v) is 10.5. The SMILES string of the molecule is CC(C)C1=CC=NC(CCCC(=O)N2CCC(C(=O)c3ccc(F)cc3)CC2)N1. The van der Waals surface area contributed by atoms with E-state index in [1.165, 1.54) is 30.0 Å². The number of hydrogen-bond donors (Lipinski definition) is 1. The largest absolute Gasteiger partial charge is 0.367 e. The second-order valence-corrected chi connectivity index (χ2v) is 8.15. The molecular weight excluding hydrogens is 369 g/mol. The Morgan fingerprint density at radius 1 is 1.21 bits per heavy atom. The summed E-state index contributed by atoms with van der Waals surface area (Å²) in [7, 11) is 0. The number of rotatable bonds is 7. The number of halogens is 1. The molecule has 156 valence electrons. The third-order valence-electron chi connectivity index (χ3n) is 5.69. The maximum Gasteiger partial charge on any atom is 0.222 e. The molecule has 2 aliphatic heterocycles. The molecule has 1 atom stereocenters. The molecule has 0 aromatic heterocycles. The quantitative estimate of drug-likeness (QED) is 0.706. The van der Waals surface area contributed by atoms with Crippen molar-refractivity contribution in [1.82, 2.24) is 10.2 Å². The van der Waals surface area contributed by atoms with Gasteiger partial charge in [-0.05, 0) is 61.9 Å². The van der Waals surface area contributed by atoms with Crippen LogP contribution in [0.3, 0.4) is 0 Å². The van der Waals surface area contributed by atoms with Crippen LogP contribution in [0.2, 0.25) is 0 Å². The molecule has 1 saturated heterocycles. The van der Waals surface area contributed by atoms with Gasteiger partial charge in [-0.25, -0.2) is 4.39 Å². The summed E-state index contributed by atoms with van der Waals surface area (Å²) in [6, 6.07) is 5.71. The third kappa shape index (κ3) is 5.75. The minimum Gasteiger partial charge on any atom is -0.367 e. The maximum absolute atomic E-state index is 13.0. The van der Waals surface area contributed by atoms with Crippen molar-refractivity contribution < 1.29 is 14.0 Å². The number of carbonyl (C=O) groups is 2. The highest BCUT2D eigenvalue weighted by molar-refractivity contribution is 5.98. The predicted molar refractivity (Wildman–Crippen MR) is 112 cm³/mol. The fourth-order valence-corrected chi connectivity index (χ4v) is 3.86. The van der Waals surface area contributed by atoms with Gasteiger partial charge < -0.3 is 10.2 Å². The lowest BCUT2D eigenvalue weighted by Crippen LogP contribution is -2.40. The van der Waals surface area contributed by atoms with Crippen molar-refractivity contribution >= 4 is 17.9 Å². The van der Waals surface area contributed by atoms with Crippen molar-refractivity contribution in [2.24, 2.45) is 16.8 Å². The van der Waals surface area contributed by atoms with Crippen LogP contribution in [-0.2, 0) is 4.79 Å². The number of amides is 1. The number of piperidine rings is 1. The molecule has 0 radical (unpaired) electrons. The Kier molecular flexibility index (Phi) is 7.18. The number of allylic oxidation sites excluding steroid dienone is 2. The fraction of sp³-hybridized carbons (Fsp3) is 0.522. The number of carbonyl (C=O) groups excluding carboxylic acids is 2. The van der Waals surface area contributed by atoms with E-state index in [4.69, 9.17) is 0 Å². The summed E-state index contributed by atoms with van der Waals surface area (Å²) in [5.41, 5.74) is 1.73. The number of benzene rings is 1. The van der Waals surface area contributed by atoms with Crippen LogP contribution in [0.4, 0.5) is 4.39 Å². The molecular formula is C23H30FN3O2. The molecule has 2 heterocycles. The summed E-state index contributed by atoms with van der Waals surface area (Å²) >= 11 is 0. The van der Waals surface area contributed by atoms with Gasteiger partial charge in [0.15, 0.2) is 5.78 Å². The van der Waals surface area contributed by atoms with E-state index in [-0.39, 0.29) is 29.6 Å². The van der Waals surface area contributed by atoms with Gasteiger partial charge in [-0.1, -0.05) is 13.8 Å². The van der Waals surface area contributed by atoms with Crippen molar-refractivity contribution in [2.75, 3.05) is 13.1 Å². The number of nitrogens with one attached hydrogen (secondary N) is 1. The molecule has 1 fully saturated rings. The molecule has 3 rings (SSSR count). The zero-order chi connectivity index (χ0) is 20.8. The van der Waals surface area contributed by atoms with Crippen molar-refractivity contribution in [3.8, 4) is 0 Å². The summed E-state index contributed by atoms with van der Waals surface area (Å²) < 4.78 is 13.0. The zero-order valence-electron chi connectivity index (χ0n) is 17.2. The van der Waals surface area contributed by atoms with E-state index in [0.717, 1.165) is 12.8 Å². The average Bonchev–Trinajstić information content (AvgIpc) is 2.74. The van der Waals surface area contributed by atoms with Crippen LogP contribution >= 0.6 is 0 Å². The molecule has 0 spiro atoms. The van der Waals surface area contributed by atoms with Crippen LogP contribution in [0.5, 0.6) is 0 Å². The van der Waals surface area contributed by atoms with Crippen LogP contribution in [-0.4, -0.2) is 42.1 Å². The summed E-state index contributed by atoms with van der Waals surface area (Å²) in [6.07, 6.45) is 7.34. The van der Waals surface area contributed by atoms with E-state index in [1.54, 1.807) is 0 Å². The molecule has 1 aromatic carbocycles. The van der Waals surface area contributed by atoms with Gasteiger partial charge in [0.2, 0.25) is 5.91 Å². The lowest BCUT2D eigenvalue weighted by Gasteiger charge is -2.31. The molecule has 1 N–H and O–H groups in total. The Hall–Kier alpha value is -2.50. The van der Waals surface area contributed by atoms with Crippen LogP contribution < -0.4 is 5.32 Å². The lowest BCUT2D eigenvalue weighted by atomic mass is 9.88. The molecule has 29 heavy (non-hydrogen) atoms. The minimum absolute atomic E-state index is 0.0456. The molecule has 1 aromatic rings. The summed E-state index contributed by atoms with van der Waals surface area (Å²) in [5, 5.41) is 3.42. The van der Waals surface area contributed by atoms with E-state index < -0.39 is 0 Å². The van der Waals surface area contributed by atoms with E-state index in [9.17, 15) is 14.0 Å². The van der Waals surface area contributed by atoms with Gasteiger partial charge >= 0.3 is 0 Å². The minimum atomic E-state index is -0.340. The number of nitrogens with zero attached hydrogens (tertiary/aromatic N) is 2. The zero-order valence-corrected chi connectivity index (χ0v) is 17.2. The Morgan fingerprint density at radius 3 is 2.55 bits per heavy atom. The molecule has 0 bridgehead atoms. The summed E-state index contributed by atoms with van der Waals surface area (Å²) in [4.78, 5) is 31.4. The Balaban J connectivity index is 1.39. The highest BCUT2D eigenvalue weighted by atomic mass is 19.1. The summed E-state index contributed by atoms with van der Waals surface area (Å²) in [6.45, 7) is 5.50. The molecule has 0 saturated carbocycles. The number of likely N-dealkylation sites (tertiary alicyclic amines) is 1. The normalized spacial score (nSPS) is 19.8. The molecule has 6 heteroatoms. The second-order valence-electron chi connectivity index (χ2n) is 8.15. The first-order chi connectivity index (χ1) is 13.9. The highest BCUT2D eigenvalue weighted by Crippen LogP contribution is 2.23. The maximum atomic E-state index is 13.0. The van der Waals surface area contributed by atoms with Crippen LogP contribution in [0, 0.1) is 17.7 Å². The van der Waals surface area contributed by atoms with E-state index in [1.807, 2.05) is 17.2 Å². The van der Waals surface area contributed by atoms with Gasteiger partial charge in [-0.2, -0.15) is 0 Å². The van der Waals surface area contributed by atoms with Crippen LogP contribution in [0.25, 0.3) is 0 Å². The smallest absolute Gasteiger partial charge is 0.222 e. The van der Waals surface area contributed by atoms with E-state index >= 15 is 0 Å². The number of aliphatic imine (C=N–C) groups is 1. The predicted octanol–water partition coefficient (Wildman–Crippen LogP) is 3.96. The van der Waals surface area contributed by atoms with E-state index in [2.05, 4.69) is 24.2 Å². The van der Waals surface area contributed by atoms with Gasteiger partial charge in [0, 0.05) is 42.9 Å². The summed E-state index contributed by atoms with van der Waals surface area (Å²) in [5.74, 6) is 0.202. The van der Waals surface area contributed by atoms with Crippen LogP contribution in [0.15, 0.2) is 41.0 Å². The van der Waals surface area contributed by atoms with E-state index in [0.29, 0.717) is 43.8 Å². The van der Waals surface area contributed by atoms with Gasteiger partial charge in [0.25, 0.3) is 0 Å². The first kappa shape index (κ1) is 21.2. The van der Waals surface area contributed by atoms with Gasteiger partial charge in [-0.15, -0.1) is 0 Å². The van der Waals surface area contributed by atoms with Crippen molar-refractivity contribution in [1.29, 1.82) is 0 Å². The standard InChI is InChI=1S/C23H30FN3O2/c1-16(2)20-10-13-25-21(26-20)4-3-5-22(28)27-14-11-18(12-15-27)23(29)17-6-8-19(24)9-7-17/h6-10,13,16,18,21,26H,3-5,11-12,14-15H2,1-2H3. The van der Waals surface area contributed by atoms with Gasteiger partial charge in [0.1, 0.15) is 12.0 Å². The topological polar surface area (TPSA) is 61.8 Å². The Labute approximate surface area is 172 Å². The molecule has 1 amide bonds. The molecule has 0 aliphatic carbocycles. The van der Waals surface area contributed by atoms with Gasteiger partial charge in [-0.3, -0.25) is 14.6 Å². The number of hydrogen-bond acceptors (Lipinski definition) is 4. The molecule has 1 unspecified atom stereocenters. The van der Waals surface area contributed by atoms with Crippen molar-refractivity contribution in [3.05, 3.63) is 47.4 Å². The first-order valence-electron chi connectivity index (χ1n) is 10.5. The van der Waals surface area contributed by atoms with Gasteiger partial charge in [0.05, 0.1) is 0 Å². The average molecular weight is 400 g/mol. The number of ketones is 1. The lowest BCUT2D eigenvalue weighted by molar-refractivity contribution is -0.132. The van der Waals surface area contributed by atoms with Crippen molar-refractivity contribution in [3.63, 3.8) is 0 Å². The monoisotopic (exact) mass is 399 g/mol. The Morgan fingerprint density at radius 2 is 1.90 bits per heavy atom.